The third kappa shape index (κ3) is 2.94. The zero-order valence-corrected chi connectivity index (χ0v) is 11.5. The van der Waals surface area contributed by atoms with Gasteiger partial charge in [0.1, 0.15) is 0 Å². The molecule has 2 heterocycles. The Labute approximate surface area is 118 Å². The molecule has 3 rings (SSSR count). The van der Waals surface area contributed by atoms with Crippen LogP contribution in [0.5, 0.6) is 0 Å². The highest BCUT2D eigenvalue weighted by atomic mass is 32.2. The molecule has 5 nitrogen and oxygen atoms in total. The highest BCUT2D eigenvalue weighted by molar-refractivity contribution is 7.98. The Morgan fingerprint density at radius 1 is 1.26 bits per heavy atom. The van der Waals surface area contributed by atoms with Gasteiger partial charge in [-0.1, -0.05) is 42.1 Å². The Balaban J connectivity index is 1.68. The Morgan fingerprint density at radius 3 is 2.84 bits per heavy atom. The number of rotatable bonds is 4. The van der Waals surface area contributed by atoms with Crippen LogP contribution >= 0.6 is 23.1 Å². The minimum atomic E-state index is 0.593. The molecule has 0 spiro atoms. The Bertz CT molecular complexity index is 662. The van der Waals surface area contributed by atoms with Gasteiger partial charge in [0, 0.05) is 22.4 Å². The van der Waals surface area contributed by atoms with Crippen LogP contribution in [0, 0.1) is 0 Å². The molecule has 0 aliphatic carbocycles. The van der Waals surface area contributed by atoms with E-state index in [9.17, 15) is 0 Å². The molecule has 0 aliphatic heterocycles. The Morgan fingerprint density at radius 2 is 2.11 bits per heavy atom. The van der Waals surface area contributed by atoms with E-state index in [2.05, 4.69) is 20.2 Å². The predicted octanol–water partition coefficient (Wildman–Crippen LogP) is 2.80. The number of H-pyrrole nitrogens is 1. The molecule has 0 aliphatic rings. The Kier molecular flexibility index (Phi) is 3.47. The van der Waals surface area contributed by atoms with Crippen LogP contribution in [0.4, 0.5) is 5.13 Å². The van der Waals surface area contributed by atoms with Crippen molar-refractivity contribution >= 4 is 28.2 Å². The zero-order valence-electron chi connectivity index (χ0n) is 9.91. The summed E-state index contributed by atoms with van der Waals surface area (Å²) in [5.41, 5.74) is 6.62. The van der Waals surface area contributed by atoms with Crippen molar-refractivity contribution in [3.05, 3.63) is 41.4 Å². The molecule has 0 unspecified atom stereocenters. The topological polar surface area (TPSA) is 80.5 Å². The first kappa shape index (κ1) is 12.2. The maximum Gasteiger partial charge on any atom is 0.209 e. The van der Waals surface area contributed by atoms with Gasteiger partial charge in [-0.3, -0.25) is 5.10 Å². The fraction of sp³-hybridized carbons (Fsp3) is 0.0833. The van der Waals surface area contributed by atoms with E-state index in [4.69, 9.17) is 5.73 Å². The van der Waals surface area contributed by atoms with Crippen molar-refractivity contribution in [2.45, 2.75) is 10.9 Å². The molecule has 0 amide bonds. The average molecular weight is 289 g/mol. The lowest BCUT2D eigenvalue weighted by molar-refractivity contribution is 0.973. The molecule has 0 radical (unpaired) electrons. The maximum absolute atomic E-state index is 5.59. The molecular weight excluding hydrogens is 278 g/mol. The maximum atomic E-state index is 5.59. The first-order valence-electron chi connectivity index (χ1n) is 5.62. The SMILES string of the molecule is Nc1ncc(CSc2n[nH]c(-c3ccccc3)n2)s1. The summed E-state index contributed by atoms with van der Waals surface area (Å²) < 4.78 is 0. The molecule has 7 heteroatoms. The van der Waals surface area contributed by atoms with Crippen molar-refractivity contribution in [3.63, 3.8) is 0 Å². The smallest absolute Gasteiger partial charge is 0.209 e. The summed E-state index contributed by atoms with van der Waals surface area (Å²) in [4.78, 5) is 9.59. The number of anilines is 1. The number of hydrogen-bond donors (Lipinski definition) is 2. The summed E-state index contributed by atoms with van der Waals surface area (Å²) >= 11 is 3.05. The van der Waals surface area contributed by atoms with Gasteiger partial charge in [-0.15, -0.1) is 16.4 Å². The minimum absolute atomic E-state index is 0.593. The largest absolute Gasteiger partial charge is 0.375 e. The molecule has 2 aromatic heterocycles. The third-order valence-corrected chi connectivity index (χ3v) is 4.33. The summed E-state index contributed by atoms with van der Waals surface area (Å²) in [5, 5.41) is 8.46. The molecular formula is C12H11N5S2. The van der Waals surface area contributed by atoms with Crippen molar-refractivity contribution in [2.24, 2.45) is 0 Å². The van der Waals surface area contributed by atoms with E-state index in [1.807, 2.05) is 30.3 Å². The first-order chi connectivity index (χ1) is 9.31. The van der Waals surface area contributed by atoms with Crippen molar-refractivity contribution in [1.29, 1.82) is 0 Å². The van der Waals surface area contributed by atoms with Gasteiger partial charge in [0.25, 0.3) is 0 Å². The van der Waals surface area contributed by atoms with E-state index < -0.39 is 0 Å². The molecule has 0 saturated carbocycles. The predicted molar refractivity (Wildman–Crippen MR) is 77.9 cm³/mol. The van der Waals surface area contributed by atoms with E-state index in [1.165, 1.54) is 11.3 Å². The highest BCUT2D eigenvalue weighted by Gasteiger charge is 2.07. The summed E-state index contributed by atoms with van der Waals surface area (Å²) in [6, 6.07) is 9.93. The lowest BCUT2D eigenvalue weighted by Gasteiger charge is -1.93. The zero-order chi connectivity index (χ0) is 13.1. The lowest BCUT2D eigenvalue weighted by atomic mass is 10.2. The quantitative estimate of drug-likeness (QED) is 0.722. The molecule has 0 fully saturated rings. The van der Waals surface area contributed by atoms with Crippen LogP contribution in [-0.2, 0) is 5.75 Å². The van der Waals surface area contributed by atoms with E-state index in [0.29, 0.717) is 5.13 Å². The van der Waals surface area contributed by atoms with Gasteiger partial charge in [-0.05, 0) is 0 Å². The summed E-state index contributed by atoms with van der Waals surface area (Å²) in [5.74, 6) is 1.56. The molecule has 1 aromatic carbocycles. The van der Waals surface area contributed by atoms with Crippen molar-refractivity contribution in [3.8, 4) is 11.4 Å². The molecule has 0 saturated heterocycles. The summed E-state index contributed by atoms with van der Waals surface area (Å²) in [6.07, 6.45) is 1.79. The number of hydrogen-bond acceptors (Lipinski definition) is 6. The van der Waals surface area contributed by atoms with Gasteiger partial charge in [0.2, 0.25) is 5.16 Å². The lowest BCUT2D eigenvalue weighted by Crippen LogP contribution is -1.79. The van der Waals surface area contributed by atoms with Crippen LogP contribution in [0.2, 0.25) is 0 Å². The number of aromatic amines is 1. The summed E-state index contributed by atoms with van der Waals surface area (Å²) in [6.45, 7) is 0. The van der Waals surface area contributed by atoms with E-state index in [-0.39, 0.29) is 0 Å². The van der Waals surface area contributed by atoms with Crippen molar-refractivity contribution < 1.29 is 0 Å². The van der Waals surface area contributed by atoms with Gasteiger partial charge in [0.15, 0.2) is 11.0 Å². The van der Waals surface area contributed by atoms with Gasteiger partial charge in [0.05, 0.1) is 0 Å². The molecule has 0 atom stereocenters. The van der Waals surface area contributed by atoms with Crippen LogP contribution in [0.3, 0.4) is 0 Å². The van der Waals surface area contributed by atoms with Crippen LogP contribution in [0.25, 0.3) is 11.4 Å². The second kappa shape index (κ2) is 5.41. The van der Waals surface area contributed by atoms with Gasteiger partial charge in [-0.25, -0.2) is 9.97 Å². The normalized spacial score (nSPS) is 10.7. The molecule has 0 bridgehead atoms. The minimum Gasteiger partial charge on any atom is -0.375 e. The first-order valence-corrected chi connectivity index (χ1v) is 7.42. The second-order valence-corrected chi connectivity index (χ2v) is 5.88. The van der Waals surface area contributed by atoms with Crippen LogP contribution in [0.15, 0.2) is 41.7 Å². The number of nitrogens with zero attached hydrogens (tertiary/aromatic N) is 3. The fourth-order valence-electron chi connectivity index (χ4n) is 1.56. The molecule has 96 valence electrons. The van der Waals surface area contributed by atoms with Crippen molar-refractivity contribution in [2.75, 3.05) is 5.73 Å². The standard InChI is InChI=1S/C12H11N5S2/c13-11-14-6-9(19-11)7-18-12-15-10(16-17-12)8-4-2-1-3-5-8/h1-6H,7H2,(H2,13,14)(H,15,16,17). The number of nitrogen functional groups attached to an aromatic ring is 1. The van der Waals surface area contributed by atoms with E-state index in [0.717, 1.165) is 27.2 Å². The number of thioether (sulfide) groups is 1. The van der Waals surface area contributed by atoms with Gasteiger partial charge < -0.3 is 5.73 Å². The van der Waals surface area contributed by atoms with E-state index >= 15 is 0 Å². The fourth-order valence-corrected chi connectivity index (χ4v) is 3.06. The summed E-state index contributed by atoms with van der Waals surface area (Å²) in [7, 11) is 0. The molecule has 3 N–H and O–H groups in total. The van der Waals surface area contributed by atoms with Gasteiger partial charge in [-0.2, -0.15) is 0 Å². The van der Waals surface area contributed by atoms with Gasteiger partial charge >= 0.3 is 0 Å². The average Bonchev–Trinajstić information content (AvgIpc) is 3.06. The van der Waals surface area contributed by atoms with Crippen LogP contribution < -0.4 is 5.73 Å². The monoisotopic (exact) mass is 289 g/mol. The second-order valence-electron chi connectivity index (χ2n) is 3.79. The number of nitrogens with two attached hydrogens (primary N) is 1. The van der Waals surface area contributed by atoms with Crippen LogP contribution in [-0.4, -0.2) is 20.2 Å². The number of benzene rings is 1. The number of aromatic nitrogens is 4. The third-order valence-electron chi connectivity index (χ3n) is 2.43. The molecule has 3 aromatic rings. The van der Waals surface area contributed by atoms with Crippen molar-refractivity contribution in [1.82, 2.24) is 20.2 Å². The molecule has 19 heavy (non-hydrogen) atoms. The highest BCUT2D eigenvalue weighted by Crippen LogP contribution is 2.25. The Hall–Kier alpha value is -1.86. The number of nitrogens with one attached hydrogen (secondary N) is 1. The number of thiazole rings is 1. The van der Waals surface area contributed by atoms with E-state index in [1.54, 1.807) is 18.0 Å². The van der Waals surface area contributed by atoms with Crippen LogP contribution in [0.1, 0.15) is 4.88 Å².